The van der Waals surface area contributed by atoms with Gasteiger partial charge in [-0.25, -0.2) is 8.42 Å². The summed E-state index contributed by atoms with van der Waals surface area (Å²) in [5.74, 6) is 0.0231. The van der Waals surface area contributed by atoms with Crippen molar-refractivity contribution in [3.05, 3.63) is 29.8 Å². The van der Waals surface area contributed by atoms with Crippen molar-refractivity contribution in [3.8, 4) is 0 Å². The maximum Gasteiger partial charge on any atom is 0.188 e. The topological polar surface area (TPSA) is 51.2 Å². The van der Waals surface area contributed by atoms with Gasteiger partial charge in [-0.1, -0.05) is 26.0 Å². The van der Waals surface area contributed by atoms with Crippen molar-refractivity contribution >= 4 is 15.6 Å². The minimum absolute atomic E-state index is 0.213. The first kappa shape index (κ1) is 13.9. The van der Waals surface area contributed by atoms with Crippen LogP contribution in [0.2, 0.25) is 0 Å². The number of carbonyl (C=O) groups excluding carboxylic acids is 1. The average molecular weight is 254 g/mol. The molecule has 0 bridgehead atoms. The largest absolute Gasteiger partial charge is 0.299 e. The molecule has 0 aliphatic rings. The van der Waals surface area contributed by atoms with E-state index in [1.54, 1.807) is 24.3 Å². The number of benzene rings is 1. The Labute approximate surface area is 103 Å². The van der Waals surface area contributed by atoms with Gasteiger partial charge in [0.1, 0.15) is 11.0 Å². The summed E-state index contributed by atoms with van der Waals surface area (Å²) in [4.78, 5) is 11.4. The average Bonchev–Trinajstić information content (AvgIpc) is 2.27. The van der Waals surface area contributed by atoms with Crippen molar-refractivity contribution < 1.29 is 13.2 Å². The second-order valence-corrected chi connectivity index (χ2v) is 6.79. The highest BCUT2D eigenvalue weighted by Crippen LogP contribution is 2.20. The number of sulfone groups is 1. The van der Waals surface area contributed by atoms with Gasteiger partial charge in [0.05, 0.1) is 4.90 Å². The molecule has 0 radical (unpaired) electrons. The third-order valence-corrected chi connectivity index (χ3v) is 5.11. The van der Waals surface area contributed by atoms with Crippen molar-refractivity contribution in [3.63, 3.8) is 0 Å². The van der Waals surface area contributed by atoms with Crippen molar-refractivity contribution in [2.45, 2.75) is 43.8 Å². The van der Waals surface area contributed by atoms with Crippen LogP contribution in [0, 0.1) is 0 Å². The van der Waals surface area contributed by atoms with Crippen molar-refractivity contribution in [1.82, 2.24) is 0 Å². The Kier molecular flexibility index (Phi) is 4.09. The Morgan fingerprint density at radius 1 is 1.06 bits per heavy atom. The van der Waals surface area contributed by atoms with Crippen LogP contribution >= 0.6 is 0 Å². The van der Waals surface area contributed by atoms with Gasteiger partial charge in [-0.15, -0.1) is 0 Å². The molecule has 1 unspecified atom stereocenters. The lowest BCUT2D eigenvalue weighted by Crippen LogP contribution is -2.25. The Morgan fingerprint density at radius 2 is 1.53 bits per heavy atom. The van der Waals surface area contributed by atoms with Gasteiger partial charge in [0, 0.05) is 0 Å². The van der Waals surface area contributed by atoms with Crippen LogP contribution in [0.1, 0.15) is 39.2 Å². The first-order chi connectivity index (χ1) is 7.76. The molecule has 3 nitrogen and oxygen atoms in total. The molecule has 0 amide bonds. The van der Waals surface area contributed by atoms with Gasteiger partial charge >= 0.3 is 0 Å². The summed E-state index contributed by atoms with van der Waals surface area (Å²) in [6.07, 6.45) is 0. The van der Waals surface area contributed by atoms with Gasteiger partial charge in [-0.3, -0.25) is 4.79 Å². The van der Waals surface area contributed by atoms with Gasteiger partial charge in [0.15, 0.2) is 9.84 Å². The van der Waals surface area contributed by atoms with Crippen LogP contribution in [0.25, 0.3) is 0 Å². The van der Waals surface area contributed by atoms with E-state index in [4.69, 9.17) is 0 Å². The quantitative estimate of drug-likeness (QED) is 0.829. The highest BCUT2D eigenvalue weighted by atomic mass is 32.2. The lowest BCUT2D eigenvalue weighted by Gasteiger charge is -2.11. The summed E-state index contributed by atoms with van der Waals surface area (Å²) in [5.41, 5.74) is 1.08. The van der Waals surface area contributed by atoms with E-state index in [9.17, 15) is 13.2 Å². The zero-order chi connectivity index (χ0) is 13.2. The highest BCUT2D eigenvalue weighted by molar-refractivity contribution is 7.92. The van der Waals surface area contributed by atoms with E-state index in [-0.39, 0.29) is 10.7 Å². The molecule has 1 aromatic rings. The van der Waals surface area contributed by atoms with Crippen LogP contribution in [-0.2, 0) is 14.6 Å². The van der Waals surface area contributed by atoms with Gasteiger partial charge in [0.2, 0.25) is 0 Å². The van der Waals surface area contributed by atoms with Gasteiger partial charge < -0.3 is 0 Å². The van der Waals surface area contributed by atoms with E-state index in [0.29, 0.717) is 5.92 Å². The molecular weight excluding hydrogens is 236 g/mol. The van der Waals surface area contributed by atoms with E-state index in [0.717, 1.165) is 5.56 Å². The molecule has 0 aliphatic carbocycles. The molecule has 0 saturated carbocycles. The highest BCUT2D eigenvalue weighted by Gasteiger charge is 2.26. The summed E-state index contributed by atoms with van der Waals surface area (Å²) >= 11 is 0. The Bertz CT molecular complexity index is 498. The fraction of sp³-hybridized carbons (Fsp3) is 0.462. The Balaban J connectivity index is 3.13. The minimum atomic E-state index is -3.53. The molecule has 0 N–H and O–H groups in total. The molecule has 94 valence electrons. The van der Waals surface area contributed by atoms with E-state index in [1.165, 1.54) is 13.8 Å². The molecule has 0 aliphatic heterocycles. The predicted octanol–water partition coefficient (Wildman–Crippen LogP) is 2.56. The van der Waals surface area contributed by atoms with E-state index >= 15 is 0 Å². The summed E-state index contributed by atoms with van der Waals surface area (Å²) in [5, 5.41) is -0.979. The lowest BCUT2D eigenvalue weighted by molar-refractivity contribution is -0.116. The molecule has 1 rings (SSSR count). The molecule has 1 aromatic carbocycles. The van der Waals surface area contributed by atoms with E-state index in [2.05, 4.69) is 0 Å². The normalized spacial score (nSPS) is 13.7. The Hall–Kier alpha value is -1.16. The fourth-order valence-corrected chi connectivity index (χ4v) is 2.83. The number of hydrogen-bond acceptors (Lipinski definition) is 3. The molecule has 0 heterocycles. The third-order valence-electron chi connectivity index (χ3n) is 2.91. The first-order valence-corrected chi connectivity index (χ1v) is 7.15. The smallest absolute Gasteiger partial charge is 0.188 e. The van der Waals surface area contributed by atoms with Crippen molar-refractivity contribution in [1.29, 1.82) is 0 Å². The Morgan fingerprint density at radius 3 is 1.88 bits per heavy atom. The number of Topliss-reactive ketones (excluding diaryl/α,β-unsaturated/α-hetero) is 1. The van der Waals surface area contributed by atoms with Gasteiger partial charge in [-0.2, -0.15) is 0 Å². The second-order valence-electron chi connectivity index (χ2n) is 4.52. The van der Waals surface area contributed by atoms with Crippen LogP contribution in [0.4, 0.5) is 0 Å². The van der Waals surface area contributed by atoms with Crippen LogP contribution < -0.4 is 0 Å². The molecule has 0 spiro atoms. The zero-order valence-corrected chi connectivity index (χ0v) is 11.4. The third kappa shape index (κ3) is 2.94. The summed E-state index contributed by atoms with van der Waals surface area (Å²) < 4.78 is 24.1. The molecule has 1 atom stereocenters. The number of hydrogen-bond donors (Lipinski definition) is 0. The molecule has 0 aromatic heterocycles. The second kappa shape index (κ2) is 5.00. The first-order valence-electron chi connectivity index (χ1n) is 5.61. The zero-order valence-electron chi connectivity index (χ0n) is 10.6. The minimum Gasteiger partial charge on any atom is -0.299 e. The fourth-order valence-electron chi connectivity index (χ4n) is 1.47. The lowest BCUT2D eigenvalue weighted by atomic mass is 10.0. The van der Waals surface area contributed by atoms with Gasteiger partial charge in [-0.05, 0) is 37.5 Å². The number of rotatable bonds is 4. The molecule has 17 heavy (non-hydrogen) atoms. The van der Waals surface area contributed by atoms with Crippen LogP contribution in [0.3, 0.4) is 0 Å². The number of ketones is 1. The molecule has 4 heteroatoms. The van der Waals surface area contributed by atoms with Crippen molar-refractivity contribution in [2.75, 3.05) is 0 Å². The van der Waals surface area contributed by atoms with E-state index < -0.39 is 15.1 Å². The van der Waals surface area contributed by atoms with Crippen LogP contribution in [-0.4, -0.2) is 19.5 Å². The standard InChI is InChI=1S/C13H18O3S/c1-9(2)12-5-7-13(8-6-12)17(15,16)11(4)10(3)14/h5-9,11H,1-4H3. The van der Waals surface area contributed by atoms with Gasteiger partial charge in [0.25, 0.3) is 0 Å². The predicted molar refractivity (Wildman–Crippen MR) is 67.9 cm³/mol. The summed E-state index contributed by atoms with van der Waals surface area (Å²) in [7, 11) is -3.53. The molecule has 0 saturated heterocycles. The van der Waals surface area contributed by atoms with Crippen LogP contribution in [0.15, 0.2) is 29.2 Å². The van der Waals surface area contributed by atoms with Crippen LogP contribution in [0.5, 0.6) is 0 Å². The summed E-state index contributed by atoms with van der Waals surface area (Å²) in [6.45, 7) is 6.81. The maximum absolute atomic E-state index is 12.0. The SMILES string of the molecule is CC(=O)C(C)S(=O)(=O)c1ccc(C(C)C)cc1. The molecular formula is C13H18O3S. The monoisotopic (exact) mass is 254 g/mol. The number of carbonyl (C=O) groups is 1. The van der Waals surface area contributed by atoms with Crippen molar-refractivity contribution in [2.24, 2.45) is 0 Å². The van der Waals surface area contributed by atoms with E-state index in [1.807, 2.05) is 13.8 Å². The maximum atomic E-state index is 12.0. The summed E-state index contributed by atoms with van der Waals surface area (Å²) in [6, 6.07) is 6.74. The molecule has 0 fully saturated rings.